The molecule has 5 heteroatoms. The van der Waals surface area contributed by atoms with Crippen LogP contribution in [-0.4, -0.2) is 33.9 Å². The van der Waals surface area contributed by atoms with Crippen molar-refractivity contribution in [1.82, 2.24) is 14.9 Å². The summed E-state index contributed by atoms with van der Waals surface area (Å²) >= 11 is 0. The molecule has 1 aliphatic heterocycles. The molecule has 1 atom stereocenters. The van der Waals surface area contributed by atoms with Gasteiger partial charge >= 0.3 is 0 Å². The number of nitrogens with zero attached hydrogens (tertiary/aromatic N) is 3. The molecule has 5 nitrogen and oxygen atoms in total. The molecule has 0 unspecified atom stereocenters. The summed E-state index contributed by atoms with van der Waals surface area (Å²) < 4.78 is 0. The maximum absolute atomic E-state index is 11.5. The Morgan fingerprint density at radius 3 is 2.91 bits per heavy atom. The van der Waals surface area contributed by atoms with E-state index in [4.69, 9.17) is 0 Å². The van der Waals surface area contributed by atoms with Crippen LogP contribution in [0.15, 0.2) is 42.6 Å². The third-order valence-corrected chi connectivity index (χ3v) is 4.19. The Kier molecular flexibility index (Phi) is 4.86. The number of carbonyl (C=O) groups excluding carboxylic acids is 1. The molecule has 3 rings (SSSR count). The van der Waals surface area contributed by atoms with Gasteiger partial charge in [0.05, 0.1) is 0 Å². The van der Waals surface area contributed by atoms with Crippen LogP contribution in [0.2, 0.25) is 0 Å². The lowest BCUT2D eigenvalue weighted by molar-refractivity contribution is -0.130. The van der Waals surface area contributed by atoms with Crippen molar-refractivity contribution in [3.05, 3.63) is 48.3 Å². The lowest BCUT2D eigenvalue weighted by Crippen LogP contribution is -2.39. The first-order chi connectivity index (χ1) is 11.2. The fourth-order valence-corrected chi connectivity index (χ4v) is 3.04. The van der Waals surface area contributed by atoms with Crippen molar-refractivity contribution in [2.24, 2.45) is 5.92 Å². The molecule has 2 aromatic rings. The number of piperidine rings is 1. The molecule has 2 aromatic heterocycles. The molecule has 0 radical (unpaired) electrons. The molecule has 0 aromatic carbocycles. The van der Waals surface area contributed by atoms with Gasteiger partial charge in [-0.2, -0.15) is 0 Å². The normalized spacial score (nSPS) is 17.8. The minimum absolute atomic E-state index is 0.174. The highest BCUT2D eigenvalue weighted by Crippen LogP contribution is 2.21. The smallest absolute Gasteiger partial charge is 0.219 e. The van der Waals surface area contributed by atoms with E-state index in [0.29, 0.717) is 5.92 Å². The van der Waals surface area contributed by atoms with Crippen molar-refractivity contribution in [2.45, 2.75) is 26.2 Å². The van der Waals surface area contributed by atoms with Crippen LogP contribution in [0.1, 0.15) is 25.5 Å². The first-order valence-corrected chi connectivity index (χ1v) is 8.10. The average molecular weight is 310 g/mol. The van der Waals surface area contributed by atoms with E-state index in [1.807, 2.05) is 35.2 Å². The monoisotopic (exact) mass is 310 g/mol. The Balaban J connectivity index is 1.64. The summed E-state index contributed by atoms with van der Waals surface area (Å²) in [6.45, 7) is 3.38. The quantitative estimate of drug-likeness (QED) is 0.943. The molecule has 1 fully saturated rings. The maximum Gasteiger partial charge on any atom is 0.219 e. The first-order valence-electron chi connectivity index (χ1n) is 8.10. The molecular formula is C18H22N4O. The van der Waals surface area contributed by atoms with Crippen LogP contribution in [0, 0.1) is 5.92 Å². The molecule has 23 heavy (non-hydrogen) atoms. The molecule has 1 aliphatic rings. The van der Waals surface area contributed by atoms with E-state index in [-0.39, 0.29) is 5.91 Å². The Labute approximate surface area is 136 Å². The van der Waals surface area contributed by atoms with Crippen LogP contribution in [0.4, 0.5) is 11.6 Å². The van der Waals surface area contributed by atoms with Crippen molar-refractivity contribution < 1.29 is 4.79 Å². The van der Waals surface area contributed by atoms with E-state index < -0.39 is 0 Å². The molecule has 0 saturated carbocycles. The van der Waals surface area contributed by atoms with E-state index in [1.54, 1.807) is 13.1 Å². The summed E-state index contributed by atoms with van der Waals surface area (Å²) in [7, 11) is 0. The zero-order chi connectivity index (χ0) is 16.1. The summed E-state index contributed by atoms with van der Waals surface area (Å²) in [5.41, 5.74) is 1.06. The summed E-state index contributed by atoms with van der Waals surface area (Å²) in [6.07, 6.45) is 4.89. The summed E-state index contributed by atoms with van der Waals surface area (Å²) in [4.78, 5) is 22.4. The number of likely N-dealkylation sites (tertiary alicyclic amines) is 1. The predicted octanol–water partition coefficient (Wildman–Crippen LogP) is 3.02. The number of carbonyl (C=O) groups is 1. The molecule has 0 bridgehead atoms. The van der Waals surface area contributed by atoms with Gasteiger partial charge in [-0.05, 0) is 49.4 Å². The lowest BCUT2D eigenvalue weighted by atomic mass is 9.93. The molecule has 1 amide bonds. The number of rotatable bonds is 4. The fourth-order valence-electron chi connectivity index (χ4n) is 3.04. The van der Waals surface area contributed by atoms with Crippen molar-refractivity contribution in [3.8, 4) is 0 Å². The zero-order valence-corrected chi connectivity index (χ0v) is 13.4. The maximum atomic E-state index is 11.5. The SMILES string of the molecule is CC(=O)N1CCC[C@@H](Cc2cccc(Nc3ccccn3)n2)C1. The van der Waals surface area contributed by atoms with Gasteiger partial charge in [0, 0.05) is 31.9 Å². The van der Waals surface area contributed by atoms with Crippen LogP contribution in [-0.2, 0) is 11.2 Å². The number of anilines is 2. The number of nitrogens with one attached hydrogen (secondary N) is 1. The number of hydrogen-bond acceptors (Lipinski definition) is 4. The summed E-state index contributed by atoms with van der Waals surface area (Å²) in [6, 6.07) is 11.8. The van der Waals surface area contributed by atoms with E-state index in [1.165, 1.54) is 0 Å². The highest BCUT2D eigenvalue weighted by molar-refractivity contribution is 5.73. The van der Waals surface area contributed by atoms with Gasteiger partial charge in [-0.1, -0.05) is 12.1 Å². The number of hydrogen-bond donors (Lipinski definition) is 1. The Bertz CT molecular complexity index is 659. The largest absolute Gasteiger partial charge is 0.343 e. The molecule has 0 spiro atoms. The molecule has 1 saturated heterocycles. The molecule has 1 N–H and O–H groups in total. The van der Waals surface area contributed by atoms with E-state index >= 15 is 0 Å². The lowest BCUT2D eigenvalue weighted by Gasteiger charge is -2.32. The van der Waals surface area contributed by atoms with Gasteiger partial charge in [0.1, 0.15) is 11.6 Å². The van der Waals surface area contributed by atoms with Crippen molar-refractivity contribution in [1.29, 1.82) is 0 Å². The second-order valence-electron chi connectivity index (χ2n) is 6.03. The Morgan fingerprint density at radius 1 is 1.26 bits per heavy atom. The van der Waals surface area contributed by atoms with Gasteiger partial charge in [0.15, 0.2) is 0 Å². The summed E-state index contributed by atoms with van der Waals surface area (Å²) in [5, 5.41) is 3.22. The van der Waals surface area contributed by atoms with E-state index in [9.17, 15) is 4.79 Å². The second kappa shape index (κ2) is 7.22. The number of pyridine rings is 2. The average Bonchev–Trinajstić information content (AvgIpc) is 2.56. The molecule has 0 aliphatic carbocycles. The zero-order valence-electron chi connectivity index (χ0n) is 13.4. The third kappa shape index (κ3) is 4.28. The minimum atomic E-state index is 0.174. The van der Waals surface area contributed by atoms with Crippen LogP contribution >= 0.6 is 0 Å². The van der Waals surface area contributed by atoms with Gasteiger partial charge < -0.3 is 10.2 Å². The first kappa shape index (κ1) is 15.5. The van der Waals surface area contributed by atoms with Crippen molar-refractivity contribution >= 4 is 17.5 Å². The van der Waals surface area contributed by atoms with Crippen molar-refractivity contribution in [2.75, 3.05) is 18.4 Å². The van der Waals surface area contributed by atoms with Gasteiger partial charge in [-0.25, -0.2) is 9.97 Å². The minimum Gasteiger partial charge on any atom is -0.343 e. The summed E-state index contributed by atoms with van der Waals surface area (Å²) in [5.74, 6) is 2.26. The molecule has 3 heterocycles. The second-order valence-corrected chi connectivity index (χ2v) is 6.03. The Morgan fingerprint density at radius 2 is 2.13 bits per heavy atom. The molecular weight excluding hydrogens is 288 g/mol. The van der Waals surface area contributed by atoms with Crippen LogP contribution in [0.5, 0.6) is 0 Å². The van der Waals surface area contributed by atoms with E-state index in [2.05, 4.69) is 21.4 Å². The van der Waals surface area contributed by atoms with Gasteiger partial charge in [0.2, 0.25) is 5.91 Å². The van der Waals surface area contributed by atoms with Gasteiger partial charge in [-0.15, -0.1) is 0 Å². The fraction of sp³-hybridized carbons (Fsp3) is 0.389. The van der Waals surface area contributed by atoms with Crippen LogP contribution in [0.3, 0.4) is 0 Å². The number of aromatic nitrogens is 2. The number of amides is 1. The van der Waals surface area contributed by atoms with Crippen LogP contribution in [0.25, 0.3) is 0 Å². The topological polar surface area (TPSA) is 58.1 Å². The van der Waals surface area contributed by atoms with Gasteiger partial charge in [0.25, 0.3) is 0 Å². The van der Waals surface area contributed by atoms with Crippen molar-refractivity contribution in [3.63, 3.8) is 0 Å². The van der Waals surface area contributed by atoms with Gasteiger partial charge in [-0.3, -0.25) is 4.79 Å². The molecule has 120 valence electrons. The van der Waals surface area contributed by atoms with E-state index in [0.717, 1.165) is 49.7 Å². The predicted molar refractivity (Wildman–Crippen MR) is 90.4 cm³/mol. The standard InChI is InChI=1S/C18H22N4O/c1-14(23)22-11-5-6-15(13-22)12-16-7-4-9-18(20-16)21-17-8-2-3-10-19-17/h2-4,7-10,15H,5-6,11-13H2,1H3,(H,19,20,21)/t15-/m0/s1. The van der Waals surface area contributed by atoms with Crippen LogP contribution < -0.4 is 5.32 Å². The Hall–Kier alpha value is -2.43. The highest BCUT2D eigenvalue weighted by atomic mass is 16.2. The third-order valence-electron chi connectivity index (χ3n) is 4.19. The highest BCUT2D eigenvalue weighted by Gasteiger charge is 2.22.